The SMILES string of the molecule is NCc1cccc(CS(=O)(=O)c2ccc(-c3ccc(F)cc3F)cc2)c1. The second-order valence-corrected chi connectivity index (χ2v) is 7.92. The highest BCUT2D eigenvalue weighted by Gasteiger charge is 2.16. The van der Waals surface area contributed by atoms with Gasteiger partial charge in [0, 0.05) is 18.2 Å². The Kier molecular flexibility index (Phi) is 5.15. The molecule has 0 spiro atoms. The Morgan fingerprint density at radius 1 is 0.846 bits per heavy atom. The molecule has 0 aliphatic rings. The average molecular weight is 373 g/mol. The molecular weight excluding hydrogens is 356 g/mol. The third-order valence-corrected chi connectivity index (χ3v) is 5.74. The van der Waals surface area contributed by atoms with Crippen LogP contribution in [0.4, 0.5) is 8.78 Å². The van der Waals surface area contributed by atoms with Crippen molar-refractivity contribution < 1.29 is 17.2 Å². The Hall–Kier alpha value is -2.57. The molecule has 3 aromatic rings. The number of benzene rings is 3. The van der Waals surface area contributed by atoms with Gasteiger partial charge in [-0.15, -0.1) is 0 Å². The van der Waals surface area contributed by atoms with Gasteiger partial charge in [-0.05, 0) is 41.0 Å². The van der Waals surface area contributed by atoms with Crippen LogP contribution >= 0.6 is 0 Å². The van der Waals surface area contributed by atoms with Crippen LogP contribution in [0.3, 0.4) is 0 Å². The normalized spacial score (nSPS) is 11.5. The summed E-state index contributed by atoms with van der Waals surface area (Å²) >= 11 is 0. The molecule has 0 radical (unpaired) electrons. The zero-order valence-electron chi connectivity index (χ0n) is 13.8. The summed E-state index contributed by atoms with van der Waals surface area (Å²) in [4.78, 5) is 0.141. The van der Waals surface area contributed by atoms with Crippen LogP contribution in [0.15, 0.2) is 71.6 Å². The molecule has 3 rings (SSSR count). The Bertz CT molecular complexity index is 1030. The lowest BCUT2D eigenvalue weighted by Gasteiger charge is -2.08. The monoisotopic (exact) mass is 373 g/mol. The van der Waals surface area contributed by atoms with Gasteiger partial charge in [0.2, 0.25) is 0 Å². The number of hydrogen-bond acceptors (Lipinski definition) is 3. The maximum Gasteiger partial charge on any atom is 0.182 e. The molecule has 0 bridgehead atoms. The quantitative estimate of drug-likeness (QED) is 0.734. The first-order chi connectivity index (χ1) is 12.4. The van der Waals surface area contributed by atoms with Crippen molar-refractivity contribution >= 4 is 9.84 Å². The summed E-state index contributed by atoms with van der Waals surface area (Å²) in [6.07, 6.45) is 0. The molecule has 0 aromatic heterocycles. The lowest BCUT2D eigenvalue weighted by molar-refractivity contribution is 0.585. The highest BCUT2D eigenvalue weighted by atomic mass is 32.2. The van der Waals surface area contributed by atoms with Crippen LogP contribution in [0.5, 0.6) is 0 Å². The van der Waals surface area contributed by atoms with E-state index in [9.17, 15) is 17.2 Å². The van der Waals surface area contributed by atoms with Gasteiger partial charge in [-0.3, -0.25) is 0 Å². The maximum atomic E-state index is 13.9. The van der Waals surface area contributed by atoms with E-state index in [2.05, 4.69) is 0 Å². The van der Waals surface area contributed by atoms with Crippen LogP contribution in [-0.2, 0) is 22.1 Å². The lowest BCUT2D eigenvalue weighted by Crippen LogP contribution is -2.06. The zero-order chi connectivity index (χ0) is 18.7. The van der Waals surface area contributed by atoms with Gasteiger partial charge in [0.1, 0.15) is 11.6 Å². The second-order valence-electron chi connectivity index (χ2n) is 5.93. The molecule has 26 heavy (non-hydrogen) atoms. The van der Waals surface area contributed by atoms with Gasteiger partial charge in [-0.25, -0.2) is 17.2 Å². The van der Waals surface area contributed by atoms with E-state index in [1.165, 1.54) is 30.3 Å². The van der Waals surface area contributed by atoms with Crippen molar-refractivity contribution in [2.75, 3.05) is 0 Å². The van der Waals surface area contributed by atoms with E-state index in [-0.39, 0.29) is 16.2 Å². The predicted molar refractivity (Wildman–Crippen MR) is 97.0 cm³/mol. The van der Waals surface area contributed by atoms with Gasteiger partial charge < -0.3 is 5.73 Å². The van der Waals surface area contributed by atoms with E-state index < -0.39 is 21.5 Å². The number of sulfone groups is 1. The minimum atomic E-state index is -3.55. The van der Waals surface area contributed by atoms with Gasteiger partial charge in [-0.2, -0.15) is 0 Å². The third-order valence-electron chi connectivity index (χ3n) is 4.04. The van der Waals surface area contributed by atoms with Crippen molar-refractivity contribution in [1.82, 2.24) is 0 Å². The van der Waals surface area contributed by atoms with Crippen molar-refractivity contribution in [3.05, 3.63) is 89.5 Å². The molecule has 0 aliphatic carbocycles. The Morgan fingerprint density at radius 3 is 2.19 bits per heavy atom. The molecule has 6 heteroatoms. The van der Waals surface area contributed by atoms with E-state index in [1.807, 2.05) is 6.07 Å². The van der Waals surface area contributed by atoms with Gasteiger partial charge in [0.25, 0.3) is 0 Å². The fourth-order valence-corrected chi connectivity index (χ4v) is 4.05. The molecular formula is C20H17F2NO2S. The van der Waals surface area contributed by atoms with Crippen molar-refractivity contribution in [1.29, 1.82) is 0 Å². The predicted octanol–water partition coefficient (Wildman–Crippen LogP) is 4.06. The number of rotatable bonds is 5. The highest BCUT2D eigenvalue weighted by Crippen LogP contribution is 2.26. The van der Waals surface area contributed by atoms with Crippen molar-refractivity contribution in [2.24, 2.45) is 5.73 Å². The minimum Gasteiger partial charge on any atom is -0.326 e. The lowest BCUT2D eigenvalue weighted by atomic mass is 10.1. The van der Waals surface area contributed by atoms with E-state index in [0.717, 1.165) is 17.7 Å². The van der Waals surface area contributed by atoms with E-state index in [4.69, 9.17) is 5.73 Å². The molecule has 134 valence electrons. The molecule has 0 fully saturated rings. The summed E-state index contributed by atoms with van der Waals surface area (Å²) in [6, 6.07) is 16.3. The summed E-state index contributed by atoms with van der Waals surface area (Å²) in [7, 11) is -3.55. The fourth-order valence-electron chi connectivity index (χ4n) is 2.71. The number of hydrogen-bond donors (Lipinski definition) is 1. The van der Waals surface area contributed by atoms with Crippen LogP contribution in [0.25, 0.3) is 11.1 Å². The van der Waals surface area contributed by atoms with Gasteiger partial charge in [-0.1, -0.05) is 36.4 Å². The van der Waals surface area contributed by atoms with Crippen molar-refractivity contribution in [3.8, 4) is 11.1 Å². The first-order valence-electron chi connectivity index (χ1n) is 7.95. The molecule has 0 atom stereocenters. The second kappa shape index (κ2) is 7.35. The molecule has 3 nitrogen and oxygen atoms in total. The van der Waals surface area contributed by atoms with Crippen LogP contribution in [0.2, 0.25) is 0 Å². The van der Waals surface area contributed by atoms with E-state index in [0.29, 0.717) is 17.7 Å². The number of halogens is 2. The van der Waals surface area contributed by atoms with Crippen LogP contribution in [-0.4, -0.2) is 8.42 Å². The zero-order valence-corrected chi connectivity index (χ0v) is 14.6. The smallest absolute Gasteiger partial charge is 0.182 e. The van der Waals surface area contributed by atoms with Gasteiger partial charge in [0.15, 0.2) is 9.84 Å². The highest BCUT2D eigenvalue weighted by molar-refractivity contribution is 7.90. The van der Waals surface area contributed by atoms with Crippen LogP contribution in [0.1, 0.15) is 11.1 Å². The topological polar surface area (TPSA) is 60.2 Å². The summed E-state index contributed by atoms with van der Waals surface area (Å²) in [5, 5.41) is 0. The molecule has 2 N–H and O–H groups in total. The first kappa shape index (κ1) is 18.2. The summed E-state index contributed by atoms with van der Waals surface area (Å²) in [6.45, 7) is 0.339. The standard InChI is InChI=1S/C20H17F2NO2S/c21-17-6-9-19(20(22)11-17)16-4-7-18(8-5-16)26(24,25)13-15-3-1-2-14(10-15)12-23/h1-11H,12-13,23H2. The average Bonchev–Trinajstić information content (AvgIpc) is 2.62. The van der Waals surface area contributed by atoms with Crippen LogP contribution in [0, 0.1) is 11.6 Å². The fraction of sp³-hybridized carbons (Fsp3) is 0.100. The minimum absolute atomic E-state index is 0.141. The van der Waals surface area contributed by atoms with Crippen molar-refractivity contribution in [3.63, 3.8) is 0 Å². The van der Waals surface area contributed by atoms with E-state index >= 15 is 0 Å². The Labute approximate surface area is 151 Å². The number of nitrogens with two attached hydrogens (primary N) is 1. The molecule has 0 aliphatic heterocycles. The Balaban J connectivity index is 1.87. The van der Waals surface area contributed by atoms with Crippen molar-refractivity contribution in [2.45, 2.75) is 17.2 Å². The molecule has 0 amide bonds. The maximum absolute atomic E-state index is 13.9. The van der Waals surface area contributed by atoms with Crippen LogP contribution < -0.4 is 5.73 Å². The molecule has 0 heterocycles. The van der Waals surface area contributed by atoms with Gasteiger partial charge in [0.05, 0.1) is 10.6 Å². The molecule has 0 saturated heterocycles. The molecule has 0 unspecified atom stereocenters. The Morgan fingerprint density at radius 2 is 1.54 bits per heavy atom. The molecule has 0 saturated carbocycles. The summed E-state index contributed by atoms with van der Waals surface area (Å²) in [5.41, 5.74) is 7.79. The summed E-state index contributed by atoms with van der Waals surface area (Å²) in [5.74, 6) is -1.50. The third kappa shape index (κ3) is 3.98. The van der Waals surface area contributed by atoms with E-state index in [1.54, 1.807) is 18.2 Å². The first-order valence-corrected chi connectivity index (χ1v) is 9.60. The van der Waals surface area contributed by atoms with Gasteiger partial charge >= 0.3 is 0 Å². The molecule has 3 aromatic carbocycles. The summed E-state index contributed by atoms with van der Waals surface area (Å²) < 4.78 is 52.1. The largest absolute Gasteiger partial charge is 0.326 e.